The predicted octanol–water partition coefficient (Wildman–Crippen LogP) is 4.13. The minimum atomic E-state index is -4.48. The van der Waals surface area contributed by atoms with Gasteiger partial charge in [0.2, 0.25) is 0 Å². The molecule has 2 amide bonds. The molecule has 2 heterocycles. The summed E-state index contributed by atoms with van der Waals surface area (Å²) in [6.45, 7) is 2.24. The summed E-state index contributed by atoms with van der Waals surface area (Å²) in [5.74, 6) is -1.51. The van der Waals surface area contributed by atoms with E-state index in [9.17, 15) is 22.4 Å². The van der Waals surface area contributed by atoms with Gasteiger partial charge in [-0.15, -0.1) is 0 Å². The van der Waals surface area contributed by atoms with Gasteiger partial charge >= 0.3 is 12.2 Å². The van der Waals surface area contributed by atoms with Gasteiger partial charge in [-0.05, 0) is 38.0 Å². The van der Waals surface area contributed by atoms with Crippen molar-refractivity contribution in [2.45, 2.75) is 75.3 Å². The molecule has 190 valence electrons. The van der Waals surface area contributed by atoms with Crippen LogP contribution in [0.3, 0.4) is 0 Å². The molecule has 7 nitrogen and oxygen atoms in total. The first kappa shape index (κ1) is 25.4. The van der Waals surface area contributed by atoms with Crippen LogP contribution in [-0.2, 0) is 9.47 Å². The molecule has 3 fully saturated rings. The SMILES string of the molecule is CC1NCC(NC(=O)Nc2ccc(Cl)cc2F)C(O[C@@H]2CCCCC2C2(C(F)(F)F)CCO2)N1. The largest absolute Gasteiger partial charge is 0.417 e. The Morgan fingerprint density at radius 3 is 2.68 bits per heavy atom. The van der Waals surface area contributed by atoms with Gasteiger partial charge in [0.15, 0.2) is 5.60 Å². The number of alkyl halides is 3. The minimum absolute atomic E-state index is 0.0499. The van der Waals surface area contributed by atoms with Crippen molar-refractivity contribution in [3.63, 3.8) is 0 Å². The summed E-state index contributed by atoms with van der Waals surface area (Å²) in [6, 6.07) is 2.58. The number of carbonyl (C=O) groups is 1. The summed E-state index contributed by atoms with van der Waals surface area (Å²) in [7, 11) is 0. The third kappa shape index (κ3) is 5.28. The standard InChI is InChI=1S/C22H29ClF4N4O3/c1-12-28-11-17(31-20(32)30-16-7-6-13(23)10-15(16)24)19(29-12)34-18-5-3-2-4-14(18)21(8-9-33-21)22(25,26)27/h6-7,10,12,14,17-19,28-29H,2-5,8-9,11H2,1H3,(H2,30,31,32)/t12?,14?,17?,18-,19?,21?/m1/s1. The van der Waals surface area contributed by atoms with Crippen LogP contribution >= 0.6 is 11.6 Å². The van der Waals surface area contributed by atoms with Crippen LogP contribution < -0.4 is 21.3 Å². The fraction of sp³-hybridized carbons (Fsp3) is 0.682. The van der Waals surface area contributed by atoms with Crippen molar-refractivity contribution in [3.05, 3.63) is 29.0 Å². The third-order valence-electron chi connectivity index (χ3n) is 6.86. The van der Waals surface area contributed by atoms with Gasteiger partial charge in [-0.3, -0.25) is 10.6 Å². The Hall–Kier alpha value is -1.66. The average molecular weight is 509 g/mol. The van der Waals surface area contributed by atoms with Crippen LogP contribution in [0.1, 0.15) is 39.0 Å². The third-order valence-corrected chi connectivity index (χ3v) is 7.09. The number of hydrogen-bond acceptors (Lipinski definition) is 5. The fourth-order valence-corrected chi connectivity index (χ4v) is 5.20. The van der Waals surface area contributed by atoms with E-state index in [-0.39, 0.29) is 29.9 Å². The lowest BCUT2D eigenvalue weighted by molar-refractivity contribution is -0.358. The summed E-state index contributed by atoms with van der Waals surface area (Å²) in [4.78, 5) is 12.5. The van der Waals surface area contributed by atoms with Crippen LogP contribution in [0.15, 0.2) is 18.2 Å². The molecule has 0 bridgehead atoms. The molecule has 1 saturated carbocycles. The van der Waals surface area contributed by atoms with E-state index < -0.39 is 47.9 Å². The zero-order valence-electron chi connectivity index (χ0n) is 18.7. The number of ether oxygens (including phenoxy) is 2. The molecular weight excluding hydrogens is 480 g/mol. The van der Waals surface area contributed by atoms with E-state index in [1.165, 1.54) is 12.1 Å². The number of hydrogen-bond donors (Lipinski definition) is 4. The molecule has 0 aromatic heterocycles. The lowest BCUT2D eigenvalue weighted by Crippen LogP contribution is -2.68. The molecule has 4 rings (SSSR count). The van der Waals surface area contributed by atoms with Crippen molar-refractivity contribution in [2.24, 2.45) is 5.92 Å². The normalized spacial score (nSPS) is 34.2. The Kier molecular flexibility index (Phi) is 7.58. The highest BCUT2D eigenvalue weighted by molar-refractivity contribution is 6.30. The summed E-state index contributed by atoms with van der Waals surface area (Å²) in [5.41, 5.74) is -2.23. The number of anilines is 1. The minimum Gasteiger partial charge on any atom is -0.365 e. The maximum Gasteiger partial charge on any atom is 0.417 e. The van der Waals surface area contributed by atoms with Gasteiger partial charge in [-0.25, -0.2) is 9.18 Å². The van der Waals surface area contributed by atoms with Crippen LogP contribution in [0.25, 0.3) is 0 Å². The number of nitrogens with one attached hydrogen (secondary N) is 4. The molecule has 5 unspecified atom stereocenters. The molecule has 1 aliphatic carbocycles. The quantitative estimate of drug-likeness (QED) is 0.450. The van der Waals surface area contributed by atoms with Crippen molar-refractivity contribution in [1.82, 2.24) is 16.0 Å². The highest BCUT2D eigenvalue weighted by Gasteiger charge is 2.66. The molecule has 1 aromatic rings. The molecular formula is C22H29ClF4N4O3. The number of carbonyl (C=O) groups excluding carboxylic acids is 1. The maximum atomic E-state index is 14.0. The van der Waals surface area contributed by atoms with Crippen LogP contribution in [0.4, 0.5) is 28.0 Å². The van der Waals surface area contributed by atoms with Gasteiger partial charge in [0.25, 0.3) is 0 Å². The fourth-order valence-electron chi connectivity index (χ4n) is 5.04. The van der Waals surface area contributed by atoms with Crippen LogP contribution in [0.2, 0.25) is 5.02 Å². The molecule has 3 aliphatic rings. The van der Waals surface area contributed by atoms with Crippen molar-refractivity contribution in [1.29, 1.82) is 0 Å². The summed E-state index contributed by atoms with van der Waals surface area (Å²) >= 11 is 5.74. The Bertz CT molecular complexity index is 886. The zero-order chi connectivity index (χ0) is 24.5. The van der Waals surface area contributed by atoms with Crippen LogP contribution in [0.5, 0.6) is 0 Å². The van der Waals surface area contributed by atoms with Gasteiger partial charge in [-0.1, -0.05) is 24.4 Å². The van der Waals surface area contributed by atoms with Gasteiger partial charge in [0.1, 0.15) is 12.0 Å². The van der Waals surface area contributed by atoms with E-state index in [4.69, 9.17) is 21.1 Å². The van der Waals surface area contributed by atoms with Crippen LogP contribution in [-0.4, -0.2) is 55.5 Å². The maximum absolute atomic E-state index is 14.0. The van der Waals surface area contributed by atoms with Gasteiger partial charge in [0.05, 0.1) is 30.6 Å². The Morgan fingerprint density at radius 2 is 2.03 bits per heavy atom. The van der Waals surface area contributed by atoms with Gasteiger partial charge < -0.3 is 20.1 Å². The molecule has 0 radical (unpaired) electrons. The average Bonchev–Trinajstić information content (AvgIpc) is 2.71. The first-order valence-corrected chi connectivity index (χ1v) is 11.8. The summed E-state index contributed by atoms with van der Waals surface area (Å²) < 4.78 is 67.3. The van der Waals surface area contributed by atoms with Crippen molar-refractivity contribution >= 4 is 23.3 Å². The van der Waals surface area contributed by atoms with Gasteiger partial charge in [0, 0.05) is 23.9 Å². The molecule has 1 aromatic carbocycles. The number of urea groups is 1. The number of benzene rings is 1. The second-order valence-electron chi connectivity index (χ2n) is 9.10. The number of halogens is 5. The molecule has 6 atom stereocenters. The first-order chi connectivity index (χ1) is 16.1. The molecule has 2 aliphatic heterocycles. The van der Waals surface area contributed by atoms with E-state index in [0.717, 1.165) is 12.5 Å². The lowest BCUT2D eigenvalue weighted by atomic mass is 9.70. The molecule has 34 heavy (non-hydrogen) atoms. The highest BCUT2D eigenvalue weighted by Crippen LogP contribution is 2.52. The van der Waals surface area contributed by atoms with E-state index in [1.807, 2.05) is 6.92 Å². The van der Waals surface area contributed by atoms with Crippen LogP contribution in [0, 0.1) is 11.7 Å². The topological polar surface area (TPSA) is 83.7 Å². The monoisotopic (exact) mass is 508 g/mol. The number of rotatable bonds is 5. The second kappa shape index (κ2) is 10.1. The van der Waals surface area contributed by atoms with E-state index in [2.05, 4.69) is 21.3 Å². The highest BCUT2D eigenvalue weighted by atomic mass is 35.5. The van der Waals surface area contributed by atoms with Crippen molar-refractivity contribution in [2.75, 3.05) is 18.5 Å². The Labute approximate surface area is 200 Å². The molecule has 4 N–H and O–H groups in total. The predicted molar refractivity (Wildman–Crippen MR) is 118 cm³/mol. The molecule has 12 heteroatoms. The van der Waals surface area contributed by atoms with E-state index in [0.29, 0.717) is 25.8 Å². The van der Waals surface area contributed by atoms with E-state index >= 15 is 0 Å². The smallest absolute Gasteiger partial charge is 0.365 e. The Morgan fingerprint density at radius 1 is 1.29 bits per heavy atom. The molecule has 2 saturated heterocycles. The van der Waals surface area contributed by atoms with Crippen molar-refractivity contribution in [3.8, 4) is 0 Å². The Balaban J connectivity index is 1.45. The zero-order valence-corrected chi connectivity index (χ0v) is 19.4. The second-order valence-corrected chi connectivity index (χ2v) is 9.53. The summed E-state index contributed by atoms with van der Waals surface area (Å²) in [5, 5.41) is 11.7. The first-order valence-electron chi connectivity index (χ1n) is 11.5. The van der Waals surface area contributed by atoms with E-state index in [1.54, 1.807) is 0 Å². The lowest BCUT2D eigenvalue weighted by Gasteiger charge is -2.52. The summed E-state index contributed by atoms with van der Waals surface area (Å²) in [6.07, 6.45) is -3.90. The number of amides is 2. The van der Waals surface area contributed by atoms with Crippen molar-refractivity contribution < 1.29 is 31.8 Å². The van der Waals surface area contributed by atoms with Gasteiger partial charge in [-0.2, -0.15) is 13.2 Å². The molecule has 0 spiro atoms.